The summed E-state index contributed by atoms with van der Waals surface area (Å²) in [7, 11) is 0. The molecule has 0 fully saturated rings. The average molecular weight is 330 g/mol. The number of hydrogen-bond donors (Lipinski definition) is 1. The second kappa shape index (κ2) is 4.92. The van der Waals surface area contributed by atoms with Crippen LogP contribution in [-0.4, -0.2) is 19.6 Å². The Morgan fingerprint density at radius 2 is 1.71 bits per heavy atom. The molecule has 4 rings (SSSR count). The SMILES string of the molecule is O=c1cc(-c2ccc3ccccc3c2)nc2nc(C(F)(F)F)[nH]n12. The highest BCUT2D eigenvalue weighted by Crippen LogP contribution is 2.27. The van der Waals surface area contributed by atoms with Gasteiger partial charge in [-0.25, -0.2) is 4.98 Å². The van der Waals surface area contributed by atoms with Crippen molar-refractivity contribution in [2.75, 3.05) is 0 Å². The van der Waals surface area contributed by atoms with Crippen molar-refractivity contribution in [3.63, 3.8) is 0 Å². The zero-order valence-electron chi connectivity index (χ0n) is 12.0. The molecule has 0 aliphatic heterocycles. The van der Waals surface area contributed by atoms with E-state index < -0.39 is 17.6 Å². The first-order chi connectivity index (χ1) is 11.4. The van der Waals surface area contributed by atoms with Crippen molar-refractivity contribution in [3.05, 3.63) is 64.7 Å². The van der Waals surface area contributed by atoms with E-state index in [1.165, 1.54) is 6.07 Å². The highest BCUT2D eigenvalue weighted by atomic mass is 19.4. The standard InChI is InChI=1S/C16H9F3N4O/c17-16(18,19)14-21-15-20-12(8-13(24)23(15)22-14)11-6-5-9-3-1-2-4-10(9)7-11/h1-8H,(H,20,21,22). The largest absolute Gasteiger partial charge is 0.451 e. The molecule has 0 unspecified atom stereocenters. The molecule has 0 radical (unpaired) electrons. The molecule has 24 heavy (non-hydrogen) atoms. The van der Waals surface area contributed by atoms with Gasteiger partial charge >= 0.3 is 6.18 Å². The summed E-state index contributed by atoms with van der Waals surface area (Å²) in [5, 5.41) is 3.87. The van der Waals surface area contributed by atoms with Gasteiger partial charge in [0.2, 0.25) is 5.82 Å². The Kier molecular flexibility index (Phi) is 2.96. The molecule has 4 aromatic rings. The number of nitrogens with zero attached hydrogens (tertiary/aromatic N) is 3. The summed E-state index contributed by atoms with van der Waals surface area (Å²) in [5.74, 6) is -1.58. The van der Waals surface area contributed by atoms with Crippen molar-refractivity contribution < 1.29 is 13.2 Å². The number of rotatable bonds is 1. The normalized spacial score (nSPS) is 12.1. The van der Waals surface area contributed by atoms with Crippen LogP contribution in [0.5, 0.6) is 0 Å². The van der Waals surface area contributed by atoms with Crippen LogP contribution in [0, 0.1) is 0 Å². The maximum atomic E-state index is 12.7. The number of benzene rings is 2. The quantitative estimate of drug-likeness (QED) is 0.583. The fourth-order valence-electron chi connectivity index (χ4n) is 2.50. The Labute approximate surface area is 132 Å². The van der Waals surface area contributed by atoms with E-state index >= 15 is 0 Å². The maximum Gasteiger partial charge on any atom is 0.451 e. The molecule has 5 nitrogen and oxygen atoms in total. The number of hydrogen-bond acceptors (Lipinski definition) is 3. The summed E-state index contributed by atoms with van der Waals surface area (Å²) in [5.41, 5.74) is 0.238. The van der Waals surface area contributed by atoms with Crippen LogP contribution < -0.4 is 5.56 Å². The second-order valence-corrected chi connectivity index (χ2v) is 5.25. The smallest absolute Gasteiger partial charge is 0.267 e. The van der Waals surface area contributed by atoms with Gasteiger partial charge in [0.25, 0.3) is 11.3 Å². The minimum Gasteiger partial charge on any atom is -0.267 e. The van der Waals surface area contributed by atoms with Gasteiger partial charge in [-0.1, -0.05) is 36.4 Å². The second-order valence-electron chi connectivity index (χ2n) is 5.25. The Morgan fingerprint density at radius 3 is 2.46 bits per heavy atom. The fraction of sp³-hybridized carbons (Fsp3) is 0.0625. The highest BCUT2D eigenvalue weighted by Gasteiger charge is 2.35. The monoisotopic (exact) mass is 330 g/mol. The lowest BCUT2D eigenvalue weighted by molar-refractivity contribution is -0.144. The summed E-state index contributed by atoms with van der Waals surface area (Å²) >= 11 is 0. The van der Waals surface area contributed by atoms with Crippen molar-refractivity contribution in [1.29, 1.82) is 0 Å². The molecule has 0 amide bonds. The number of alkyl halides is 3. The molecule has 2 aromatic carbocycles. The van der Waals surface area contributed by atoms with Crippen LogP contribution in [0.2, 0.25) is 0 Å². The average Bonchev–Trinajstić information content (AvgIpc) is 2.99. The van der Waals surface area contributed by atoms with Crippen LogP contribution in [0.15, 0.2) is 53.3 Å². The number of fused-ring (bicyclic) bond motifs is 2. The predicted molar refractivity (Wildman–Crippen MR) is 81.6 cm³/mol. The molecule has 120 valence electrons. The van der Waals surface area contributed by atoms with Gasteiger partial charge in [0, 0.05) is 11.6 Å². The fourth-order valence-corrected chi connectivity index (χ4v) is 2.50. The number of nitrogens with one attached hydrogen (secondary N) is 1. The summed E-state index contributed by atoms with van der Waals surface area (Å²) in [6, 6.07) is 14.2. The molecule has 0 atom stereocenters. The first kappa shape index (κ1) is 14.4. The zero-order chi connectivity index (χ0) is 16.9. The molecule has 0 saturated carbocycles. The highest BCUT2D eigenvalue weighted by molar-refractivity contribution is 5.86. The van der Waals surface area contributed by atoms with E-state index in [9.17, 15) is 18.0 Å². The van der Waals surface area contributed by atoms with Crippen molar-refractivity contribution in [2.45, 2.75) is 6.18 Å². The molecule has 2 aromatic heterocycles. The van der Waals surface area contributed by atoms with Crippen molar-refractivity contribution >= 4 is 16.6 Å². The minimum atomic E-state index is -4.68. The zero-order valence-corrected chi connectivity index (χ0v) is 12.0. The molecule has 0 aliphatic rings. The van der Waals surface area contributed by atoms with E-state index in [2.05, 4.69) is 9.97 Å². The maximum absolute atomic E-state index is 12.7. The van der Waals surface area contributed by atoms with Crippen molar-refractivity contribution in [1.82, 2.24) is 19.6 Å². The van der Waals surface area contributed by atoms with Crippen LogP contribution in [0.25, 0.3) is 27.8 Å². The predicted octanol–water partition coefficient (Wildman–Crippen LogP) is 3.26. The van der Waals surface area contributed by atoms with Gasteiger partial charge in [0.05, 0.1) is 5.69 Å². The number of H-pyrrole nitrogens is 1. The Hall–Kier alpha value is -3.16. The number of aromatic amines is 1. The number of aromatic nitrogens is 4. The molecule has 8 heteroatoms. The van der Waals surface area contributed by atoms with Crippen LogP contribution in [0.1, 0.15) is 5.82 Å². The number of halogens is 3. The molecule has 0 saturated heterocycles. The van der Waals surface area contributed by atoms with E-state index in [0.29, 0.717) is 10.1 Å². The summed E-state index contributed by atoms with van der Waals surface area (Å²) in [4.78, 5) is 19.5. The van der Waals surface area contributed by atoms with Gasteiger partial charge in [-0.05, 0) is 16.8 Å². The Morgan fingerprint density at radius 1 is 0.958 bits per heavy atom. The van der Waals surface area contributed by atoms with E-state index in [4.69, 9.17) is 0 Å². The third-order valence-electron chi connectivity index (χ3n) is 3.64. The van der Waals surface area contributed by atoms with Crippen molar-refractivity contribution in [3.8, 4) is 11.3 Å². The topological polar surface area (TPSA) is 63.0 Å². The molecule has 0 spiro atoms. The molecule has 1 N–H and O–H groups in total. The van der Waals surface area contributed by atoms with Gasteiger partial charge in [0.15, 0.2) is 0 Å². The van der Waals surface area contributed by atoms with E-state index in [-0.39, 0.29) is 11.5 Å². The lowest BCUT2D eigenvalue weighted by Crippen LogP contribution is -2.15. The molecule has 2 heterocycles. The van der Waals surface area contributed by atoms with Gasteiger partial charge in [-0.3, -0.25) is 9.89 Å². The summed E-state index contributed by atoms with van der Waals surface area (Å²) in [6.07, 6.45) is -4.68. The van der Waals surface area contributed by atoms with E-state index in [0.717, 1.165) is 10.8 Å². The minimum absolute atomic E-state index is 0.269. The van der Waals surface area contributed by atoms with Gasteiger partial charge in [-0.2, -0.15) is 22.7 Å². The van der Waals surface area contributed by atoms with Crippen LogP contribution in [-0.2, 0) is 6.18 Å². The van der Waals surface area contributed by atoms with Gasteiger partial charge in [-0.15, -0.1) is 0 Å². The summed E-state index contributed by atoms with van der Waals surface area (Å²) in [6.45, 7) is 0. The van der Waals surface area contributed by atoms with E-state index in [1.807, 2.05) is 41.5 Å². The lowest BCUT2D eigenvalue weighted by Gasteiger charge is -2.03. The first-order valence-electron chi connectivity index (χ1n) is 6.98. The third kappa shape index (κ3) is 2.32. The Bertz CT molecular complexity index is 1130. The molecular formula is C16H9F3N4O. The Balaban J connectivity index is 1.91. The van der Waals surface area contributed by atoms with Crippen molar-refractivity contribution in [2.24, 2.45) is 0 Å². The third-order valence-corrected chi connectivity index (χ3v) is 3.64. The van der Waals surface area contributed by atoms with Crippen LogP contribution >= 0.6 is 0 Å². The van der Waals surface area contributed by atoms with Gasteiger partial charge in [0.1, 0.15) is 0 Å². The first-order valence-corrected chi connectivity index (χ1v) is 6.98. The van der Waals surface area contributed by atoms with Crippen LogP contribution in [0.4, 0.5) is 13.2 Å². The molecular weight excluding hydrogens is 321 g/mol. The molecule has 0 aliphatic carbocycles. The van der Waals surface area contributed by atoms with E-state index in [1.54, 1.807) is 6.07 Å². The lowest BCUT2D eigenvalue weighted by atomic mass is 10.1. The summed E-state index contributed by atoms with van der Waals surface area (Å²) < 4.78 is 38.8. The molecule has 0 bridgehead atoms. The van der Waals surface area contributed by atoms with Gasteiger partial charge < -0.3 is 0 Å². The van der Waals surface area contributed by atoms with Crippen LogP contribution in [0.3, 0.4) is 0 Å².